The maximum atomic E-state index is 4.75. The third-order valence-corrected chi connectivity index (χ3v) is 4.58. The van der Waals surface area contributed by atoms with E-state index in [-0.39, 0.29) is 0 Å². The Morgan fingerprint density at radius 2 is 1.90 bits per heavy atom. The SMILES string of the molecule is CCNc1nc(-c2cccc(C)c2C)nc(CC)c1I. The molecule has 20 heavy (non-hydrogen) atoms. The normalized spacial score (nSPS) is 10.7. The second kappa shape index (κ2) is 6.52. The monoisotopic (exact) mass is 381 g/mol. The van der Waals surface area contributed by atoms with Gasteiger partial charge in [0.25, 0.3) is 0 Å². The van der Waals surface area contributed by atoms with Gasteiger partial charge >= 0.3 is 0 Å². The average Bonchev–Trinajstić information content (AvgIpc) is 2.44. The summed E-state index contributed by atoms with van der Waals surface area (Å²) in [5, 5.41) is 3.34. The van der Waals surface area contributed by atoms with E-state index in [4.69, 9.17) is 9.97 Å². The summed E-state index contributed by atoms with van der Waals surface area (Å²) in [4.78, 5) is 9.46. The minimum absolute atomic E-state index is 0.819. The van der Waals surface area contributed by atoms with Crippen molar-refractivity contribution in [2.75, 3.05) is 11.9 Å². The van der Waals surface area contributed by atoms with Crippen molar-refractivity contribution >= 4 is 28.4 Å². The lowest BCUT2D eigenvalue weighted by atomic mass is 10.0. The molecule has 0 unspecified atom stereocenters. The highest BCUT2D eigenvalue weighted by Crippen LogP contribution is 2.27. The van der Waals surface area contributed by atoms with E-state index >= 15 is 0 Å². The van der Waals surface area contributed by atoms with E-state index in [1.165, 1.54) is 11.1 Å². The van der Waals surface area contributed by atoms with Crippen LogP contribution in [0.15, 0.2) is 18.2 Å². The minimum atomic E-state index is 0.819. The van der Waals surface area contributed by atoms with E-state index < -0.39 is 0 Å². The van der Waals surface area contributed by atoms with Crippen molar-refractivity contribution in [3.63, 3.8) is 0 Å². The van der Waals surface area contributed by atoms with Crippen LogP contribution < -0.4 is 5.32 Å². The smallest absolute Gasteiger partial charge is 0.162 e. The zero-order chi connectivity index (χ0) is 14.7. The predicted octanol–water partition coefficient (Wildman–Crippen LogP) is 4.36. The van der Waals surface area contributed by atoms with E-state index in [1.807, 2.05) is 0 Å². The Balaban J connectivity index is 2.62. The Hall–Kier alpha value is -1.17. The first-order valence-electron chi connectivity index (χ1n) is 6.95. The lowest BCUT2D eigenvalue weighted by Crippen LogP contribution is -2.08. The summed E-state index contributed by atoms with van der Waals surface area (Å²) in [5.41, 5.74) is 4.74. The van der Waals surface area contributed by atoms with E-state index in [9.17, 15) is 0 Å². The van der Waals surface area contributed by atoms with Gasteiger partial charge in [0.05, 0.1) is 9.26 Å². The van der Waals surface area contributed by atoms with Crippen LogP contribution in [0.5, 0.6) is 0 Å². The molecule has 0 aliphatic heterocycles. The molecule has 1 N–H and O–H groups in total. The fraction of sp³-hybridized carbons (Fsp3) is 0.375. The van der Waals surface area contributed by atoms with Crippen molar-refractivity contribution in [2.24, 2.45) is 0 Å². The fourth-order valence-corrected chi connectivity index (χ4v) is 2.94. The van der Waals surface area contributed by atoms with Crippen molar-refractivity contribution in [2.45, 2.75) is 34.1 Å². The maximum Gasteiger partial charge on any atom is 0.162 e. The van der Waals surface area contributed by atoms with Crippen molar-refractivity contribution in [3.05, 3.63) is 38.6 Å². The summed E-state index contributed by atoms with van der Waals surface area (Å²) in [6.07, 6.45) is 0.914. The molecule has 0 spiro atoms. The summed E-state index contributed by atoms with van der Waals surface area (Å²) >= 11 is 2.33. The molecule has 0 amide bonds. The van der Waals surface area contributed by atoms with E-state index in [0.29, 0.717) is 0 Å². The molecular formula is C16H20IN3. The van der Waals surface area contributed by atoms with Crippen LogP contribution in [0.2, 0.25) is 0 Å². The van der Waals surface area contributed by atoms with Crippen molar-refractivity contribution in [1.29, 1.82) is 0 Å². The molecule has 0 aliphatic carbocycles. The predicted molar refractivity (Wildman–Crippen MR) is 93.2 cm³/mol. The van der Waals surface area contributed by atoms with Crippen LogP contribution in [0.25, 0.3) is 11.4 Å². The first-order valence-corrected chi connectivity index (χ1v) is 8.03. The molecule has 1 heterocycles. The van der Waals surface area contributed by atoms with Crippen LogP contribution in [-0.2, 0) is 6.42 Å². The second-order valence-electron chi connectivity index (χ2n) is 4.79. The van der Waals surface area contributed by atoms with Gasteiger partial charge in [0.2, 0.25) is 0 Å². The summed E-state index contributed by atoms with van der Waals surface area (Å²) < 4.78 is 1.13. The number of halogens is 1. The molecule has 1 aromatic heterocycles. The molecule has 4 heteroatoms. The molecule has 2 rings (SSSR count). The highest BCUT2D eigenvalue weighted by molar-refractivity contribution is 14.1. The molecule has 1 aromatic carbocycles. The summed E-state index contributed by atoms with van der Waals surface area (Å²) in [6, 6.07) is 6.29. The Labute approximate surface area is 134 Å². The van der Waals surface area contributed by atoms with Crippen molar-refractivity contribution in [3.8, 4) is 11.4 Å². The largest absolute Gasteiger partial charge is 0.369 e. The van der Waals surface area contributed by atoms with Gasteiger partial charge < -0.3 is 5.32 Å². The quantitative estimate of drug-likeness (QED) is 0.800. The van der Waals surface area contributed by atoms with Gasteiger partial charge in [-0.3, -0.25) is 0 Å². The van der Waals surface area contributed by atoms with E-state index in [0.717, 1.165) is 39.4 Å². The average molecular weight is 381 g/mol. The van der Waals surface area contributed by atoms with Gasteiger partial charge in [-0.2, -0.15) is 0 Å². The summed E-state index contributed by atoms with van der Waals surface area (Å²) in [6.45, 7) is 9.33. The summed E-state index contributed by atoms with van der Waals surface area (Å²) in [7, 11) is 0. The highest BCUT2D eigenvalue weighted by atomic mass is 127. The Kier molecular flexibility index (Phi) is 4.96. The first-order chi connectivity index (χ1) is 9.58. The lowest BCUT2D eigenvalue weighted by Gasteiger charge is -2.13. The number of rotatable bonds is 4. The zero-order valence-electron chi connectivity index (χ0n) is 12.4. The van der Waals surface area contributed by atoms with Crippen LogP contribution in [0.1, 0.15) is 30.7 Å². The van der Waals surface area contributed by atoms with Crippen LogP contribution in [0, 0.1) is 17.4 Å². The van der Waals surface area contributed by atoms with Gasteiger partial charge in [-0.1, -0.05) is 25.1 Å². The van der Waals surface area contributed by atoms with E-state index in [2.05, 4.69) is 73.8 Å². The topological polar surface area (TPSA) is 37.8 Å². The molecule has 0 radical (unpaired) electrons. The van der Waals surface area contributed by atoms with Gasteiger partial charge in [0, 0.05) is 12.1 Å². The fourth-order valence-electron chi connectivity index (χ4n) is 2.13. The molecule has 0 saturated heterocycles. The molecule has 0 bridgehead atoms. The van der Waals surface area contributed by atoms with Crippen LogP contribution in [-0.4, -0.2) is 16.5 Å². The van der Waals surface area contributed by atoms with E-state index in [1.54, 1.807) is 0 Å². The number of nitrogens with one attached hydrogen (secondary N) is 1. The molecule has 3 nitrogen and oxygen atoms in total. The first kappa shape index (κ1) is 15.2. The number of benzene rings is 1. The number of aryl methyl sites for hydroxylation is 2. The van der Waals surface area contributed by atoms with Gasteiger partial charge in [-0.25, -0.2) is 9.97 Å². The van der Waals surface area contributed by atoms with Gasteiger partial charge in [0.15, 0.2) is 5.82 Å². The third-order valence-electron chi connectivity index (χ3n) is 3.44. The number of hydrogen-bond acceptors (Lipinski definition) is 3. The second-order valence-corrected chi connectivity index (χ2v) is 5.87. The number of hydrogen-bond donors (Lipinski definition) is 1. The third kappa shape index (κ3) is 2.95. The molecule has 0 atom stereocenters. The minimum Gasteiger partial charge on any atom is -0.369 e. The van der Waals surface area contributed by atoms with Gasteiger partial charge in [-0.05, 0) is 60.9 Å². The standard InChI is InChI=1S/C16H20IN3/c1-5-13-14(17)16(18-6-2)20-15(19-13)12-9-7-8-10(3)11(12)4/h7-9H,5-6H2,1-4H3,(H,18,19,20). The maximum absolute atomic E-state index is 4.75. The molecule has 0 saturated carbocycles. The van der Waals surface area contributed by atoms with Gasteiger partial charge in [-0.15, -0.1) is 0 Å². The van der Waals surface area contributed by atoms with Crippen LogP contribution in [0.4, 0.5) is 5.82 Å². The zero-order valence-corrected chi connectivity index (χ0v) is 14.6. The van der Waals surface area contributed by atoms with Crippen LogP contribution in [0.3, 0.4) is 0 Å². The van der Waals surface area contributed by atoms with Crippen molar-refractivity contribution in [1.82, 2.24) is 9.97 Å². The lowest BCUT2D eigenvalue weighted by molar-refractivity contribution is 0.981. The Morgan fingerprint density at radius 1 is 1.15 bits per heavy atom. The molecular weight excluding hydrogens is 361 g/mol. The number of anilines is 1. The highest BCUT2D eigenvalue weighted by Gasteiger charge is 2.13. The summed E-state index contributed by atoms with van der Waals surface area (Å²) in [5.74, 6) is 1.76. The van der Waals surface area contributed by atoms with Crippen LogP contribution >= 0.6 is 22.6 Å². The molecule has 106 valence electrons. The molecule has 2 aromatic rings. The molecule has 0 fully saturated rings. The molecule has 0 aliphatic rings. The number of aromatic nitrogens is 2. The van der Waals surface area contributed by atoms with Crippen molar-refractivity contribution < 1.29 is 0 Å². The Bertz CT molecular complexity index is 623. The van der Waals surface area contributed by atoms with Gasteiger partial charge in [0.1, 0.15) is 5.82 Å². The Morgan fingerprint density at radius 3 is 2.55 bits per heavy atom. The number of nitrogens with zero attached hydrogens (tertiary/aromatic N) is 2.